The van der Waals surface area contributed by atoms with E-state index in [2.05, 4.69) is 5.16 Å². The van der Waals surface area contributed by atoms with Crippen LogP contribution in [0.1, 0.15) is 27.6 Å². The number of halogens is 1. The number of aromatic nitrogens is 1. The first kappa shape index (κ1) is 12.7. The molecule has 0 aromatic carbocycles. The molecule has 0 aliphatic heterocycles. The van der Waals surface area contributed by atoms with Crippen molar-refractivity contribution in [1.82, 2.24) is 10.1 Å². The molecule has 5 nitrogen and oxygen atoms in total. The summed E-state index contributed by atoms with van der Waals surface area (Å²) in [6.07, 6.45) is 0. The molecule has 96 valence electrons. The monoisotopic (exact) mass is 268 g/mol. The van der Waals surface area contributed by atoms with Gasteiger partial charge in [0.2, 0.25) is 0 Å². The van der Waals surface area contributed by atoms with Gasteiger partial charge >= 0.3 is 0 Å². The predicted molar refractivity (Wildman–Crippen MR) is 65.5 cm³/mol. The quantitative estimate of drug-likeness (QED) is 0.859. The summed E-state index contributed by atoms with van der Waals surface area (Å²) in [7, 11) is 1.69. The van der Waals surface area contributed by atoms with Gasteiger partial charge in [0.1, 0.15) is 5.76 Å². The topological polar surface area (TPSA) is 59.5 Å². The summed E-state index contributed by atoms with van der Waals surface area (Å²) in [4.78, 5) is 13.6. The maximum atomic E-state index is 12.0. The van der Waals surface area contributed by atoms with Crippen LogP contribution in [0.5, 0.6) is 0 Å². The first-order valence-electron chi connectivity index (χ1n) is 5.41. The number of nitrogens with zero attached hydrogens (tertiary/aromatic N) is 2. The number of furan rings is 1. The lowest BCUT2D eigenvalue weighted by Crippen LogP contribution is -2.26. The van der Waals surface area contributed by atoms with Crippen LogP contribution in [0.2, 0.25) is 5.22 Å². The number of hydrogen-bond donors (Lipinski definition) is 0. The van der Waals surface area contributed by atoms with Crippen molar-refractivity contribution in [2.75, 3.05) is 7.05 Å². The highest BCUT2D eigenvalue weighted by molar-refractivity contribution is 6.29. The van der Waals surface area contributed by atoms with Gasteiger partial charge in [-0.15, -0.1) is 0 Å². The van der Waals surface area contributed by atoms with Gasteiger partial charge in [-0.3, -0.25) is 4.79 Å². The molecule has 0 atom stereocenters. The molecular weight excluding hydrogens is 256 g/mol. The molecule has 0 unspecified atom stereocenters. The number of carbonyl (C=O) groups is 1. The number of amides is 1. The van der Waals surface area contributed by atoms with Crippen LogP contribution in [0.3, 0.4) is 0 Å². The first-order valence-corrected chi connectivity index (χ1v) is 5.79. The van der Waals surface area contributed by atoms with Crippen molar-refractivity contribution in [1.29, 1.82) is 0 Å². The van der Waals surface area contributed by atoms with Crippen LogP contribution in [-0.4, -0.2) is 23.0 Å². The van der Waals surface area contributed by atoms with Crippen LogP contribution < -0.4 is 0 Å². The lowest BCUT2D eigenvalue weighted by atomic mass is 10.2. The van der Waals surface area contributed by atoms with E-state index >= 15 is 0 Å². The standard InChI is InChI=1S/C12H13ClN2O3/c1-7-9(8(2)18-14-7)6-15(3)12(16)10-4-5-11(13)17-10/h4-5H,6H2,1-3H3. The van der Waals surface area contributed by atoms with Gasteiger partial charge in [0.15, 0.2) is 11.0 Å². The van der Waals surface area contributed by atoms with E-state index in [-0.39, 0.29) is 16.9 Å². The Morgan fingerprint density at radius 1 is 1.44 bits per heavy atom. The van der Waals surface area contributed by atoms with Crippen molar-refractivity contribution >= 4 is 17.5 Å². The van der Waals surface area contributed by atoms with Crippen LogP contribution in [-0.2, 0) is 6.54 Å². The number of rotatable bonds is 3. The van der Waals surface area contributed by atoms with Gasteiger partial charge in [0, 0.05) is 12.6 Å². The summed E-state index contributed by atoms with van der Waals surface area (Å²) >= 11 is 5.64. The van der Waals surface area contributed by atoms with Crippen molar-refractivity contribution in [2.24, 2.45) is 0 Å². The minimum Gasteiger partial charge on any atom is -0.440 e. The summed E-state index contributed by atoms with van der Waals surface area (Å²) in [6.45, 7) is 4.07. The Bertz CT molecular complexity index is 554. The third-order valence-electron chi connectivity index (χ3n) is 2.71. The van der Waals surface area contributed by atoms with Gasteiger partial charge in [0.25, 0.3) is 5.91 Å². The molecule has 2 rings (SSSR count). The Morgan fingerprint density at radius 3 is 2.67 bits per heavy atom. The second kappa shape index (κ2) is 4.86. The first-order chi connectivity index (χ1) is 8.49. The van der Waals surface area contributed by atoms with Crippen LogP contribution in [0.25, 0.3) is 0 Å². The van der Waals surface area contributed by atoms with Crippen molar-refractivity contribution in [2.45, 2.75) is 20.4 Å². The van der Waals surface area contributed by atoms with Gasteiger partial charge in [-0.25, -0.2) is 0 Å². The summed E-state index contributed by atoms with van der Waals surface area (Å²) in [5.74, 6) is 0.695. The number of hydrogen-bond acceptors (Lipinski definition) is 4. The van der Waals surface area contributed by atoms with E-state index in [0.717, 1.165) is 11.3 Å². The molecule has 0 fully saturated rings. The summed E-state index contributed by atoms with van der Waals surface area (Å²) < 4.78 is 10.1. The van der Waals surface area contributed by atoms with Gasteiger partial charge in [-0.2, -0.15) is 0 Å². The summed E-state index contributed by atoms with van der Waals surface area (Å²) in [5.41, 5.74) is 1.69. The molecule has 0 aliphatic rings. The van der Waals surface area contributed by atoms with Gasteiger partial charge in [-0.05, 0) is 37.6 Å². The zero-order valence-corrected chi connectivity index (χ0v) is 11.1. The molecule has 0 spiro atoms. The Balaban J connectivity index is 2.13. The SMILES string of the molecule is Cc1noc(C)c1CN(C)C(=O)c1ccc(Cl)o1. The van der Waals surface area contributed by atoms with Gasteiger partial charge < -0.3 is 13.8 Å². The van der Waals surface area contributed by atoms with E-state index in [9.17, 15) is 4.79 Å². The Labute approximate surface area is 109 Å². The highest BCUT2D eigenvalue weighted by Crippen LogP contribution is 2.18. The minimum atomic E-state index is -0.234. The lowest BCUT2D eigenvalue weighted by Gasteiger charge is -2.15. The largest absolute Gasteiger partial charge is 0.440 e. The molecule has 0 aliphatic carbocycles. The molecule has 2 aromatic rings. The Morgan fingerprint density at radius 2 is 2.17 bits per heavy atom. The van der Waals surface area contributed by atoms with Crippen LogP contribution in [0, 0.1) is 13.8 Å². The zero-order chi connectivity index (χ0) is 13.3. The van der Waals surface area contributed by atoms with Crippen molar-refractivity contribution < 1.29 is 13.7 Å². The second-order valence-electron chi connectivity index (χ2n) is 4.07. The number of carbonyl (C=O) groups excluding carboxylic acids is 1. The molecule has 0 radical (unpaired) electrons. The molecule has 0 bridgehead atoms. The molecule has 0 N–H and O–H groups in total. The highest BCUT2D eigenvalue weighted by Gasteiger charge is 2.19. The van der Waals surface area contributed by atoms with Gasteiger partial charge in [-0.1, -0.05) is 5.16 Å². The highest BCUT2D eigenvalue weighted by atomic mass is 35.5. The molecule has 6 heteroatoms. The van der Waals surface area contributed by atoms with E-state index in [4.69, 9.17) is 20.5 Å². The number of aryl methyl sites for hydroxylation is 2. The fourth-order valence-electron chi connectivity index (χ4n) is 1.65. The van der Waals surface area contributed by atoms with E-state index in [1.165, 1.54) is 4.90 Å². The summed E-state index contributed by atoms with van der Waals surface area (Å²) in [5, 5.41) is 4.05. The van der Waals surface area contributed by atoms with Gasteiger partial charge in [0.05, 0.1) is 12.2 Å². The van der Waals surface area contributed by atoms with Crippen LogP contribution in [0.4, 0.5) is 0 Å². The normalized spacial score (nSPS) is 10.7. The zero-order valence-electron chi connectivity index (χ0n) is 10.4. The summed E-state index contributed by atoms with van der Waals surface area (Å²) in [6, 6.07) is 3.09. The predicted octanol–water partition coefficient (Wildman–Crippen LogP) is 2.81. The third-order valence-corrected chi connectivity index (χ3v) is 2.91. The van der Waals surface area contributed by atoms with E-state index in [1.54, 1.807) is 19.2 Å². The fraction of sp³-hybridized carbons (Fsp3) is 0.333. The molecular formula is C12H13ClN2O3. The average molecular weight is 269 g/mol. The van der Waals surface area contributed by atoms with E-state index < -0.39 is 0 Å². The maximum absolute atomic E-state index is 12.0. The molecule has 0 saturated carbocycles. The van der Waals surface area contributed by atoms with Crippen molar-refractivity contribution in [3.05, 3.63) is 40.1 Å². The van der Waals surface area contributed by atoms with Crippen LogP contribution >= 0.6 is 11.6 Å². The fourth-order valence-corrected chi connectivity index (χ4v) is 1.80. The smallest absolute Gasteiger partial charge is 0.289 e. The molecule has 18 heavy (non-hydrogen) atoms. The second-order valence-corrected chi connectivity index (χ2v) is 4.44. The minimum absolute atomic E-state index is 0.198. The van der Waals surface area contributed by atoms with Crippen LogP contribution in [0.15, 0.2) is 21.1 Å². The average Bonchev–Trinajstić information content (AvgIpc) is 2.89. The van der Waals surface area contributed by atoms with Crippen molar-refractivity contribution in [3.63, 3.8) is 0 Å². The Hall–Kier alpha value is -1.75. The molecule has 1 amide bonds. The molecule has 2 heterocycles. The molecule has 2 aromatic heterocycles. The Kier molecular flexibility index (Phi) is 3.43. The third kappa shape index (κ3) is 2.41. The maximum Gasteiger partial charge on any atom is 0.289 e. The molecule has 0 saturated heterocycles. The van der Waals surface area contributed by atoms with E-state index in [0.29, 0.717) is 12.3 Å². The van der Waals surface area contributed by atoms with Crippen molar-refractivity contribution in [3.8, 4) is 0 Å². The van der Waals surface area contributed by atoms with E-state index in [1.807, 2.05) is 13.8 Å². The lowest BCUT2D eigenvalue weighted by molar-refractivity contribution is 0.0753.